The first-order valence-electron chi connectivity index (χ1n) is 10.9. The average molecular weight is 572 g/mol. The fourth-order valence-corrected chi connectivity index (χ4v) is 3.71. The standard InChI is InChI=1S/C24H33FN4O3.HI/c1-4-26-24(27-16-22(30)19-6-8-20(31-2)9-7-19)29-13-11-28(12-14-29)17-18-5-10-23(32-3)21(25)15-18;/h5-10,15,22,30H,4,11-14,16-17H2,1-3H3,(H,26,27);1H. The maximum Gasteiger partial charge on any atom is 0.194 e. The van der Waals surface area contributed by atoms with Crippen molar-refractivity contribution in [2.45, 2.75) is 19.6 Å². The zero-order valence-corrected chi connectivity index (χ0v) is 21.8. The van der Waals surface area contributed by atoms with Crippen LogP contribution in [0.5, 0.6) is 11.5 Å². The number of nitrogens with zero attached hydrogens (tertiary/aromatic N) is 3. The molecule has 3 rings (SSSR count). The highest BCUT2D eigenvalue weighted by molar-refractivity contribution is 14.0. The number of aliphatic hydroxyl groups excluding tert-OH is 1. The lowest BCUT2D eigenvalue weighted by Crippen LogP contribution is -2.52. The molecule has 1 heterocycles. The molecule has 0 radical (unpaired) electrons. The van der Waals surface area contributed by atoms with Crippen molar-refractivity contribution in [1.82, 2.24) is 15.1 Å². The third kappa shape index (κ3) is 7.72. The summed E-state index contributed by atoms with van der Waals surface area (Å²) in [6.07, 6.45) is -0.680. The Balaban J connectivity index is 0.00000385. The van der Waals surface area contributed by atoms with Crippen molar-refractivity contribution in [2.75, 3.05) is 53.5 Å². The van der Waals surface area contributed by atoms with Crippen molar-refractivity contribution in [2.24, 2.45) is 4.99 Å². The van der Waals surface area contributed by atoms with Gasteiger partial charge in [-0.2, -0.15) is 0 Å². The van der Waals surface area contributed by atoms with Crippen molar-refractivity contribution in [1.29, 1.82) is 0 Å². The molecule has 0 spiro atoms. The number of hydrogen-bond acceptors (Lipinski definition) is 5. The lowest BCUT2D eigenvalue weighted by molar-refractivity contribution is 0.169. The lowest BCUT2D eigenvalue weighted by Gasteiger charge is -2.36. The number of methoxy groups -OCH3 is 2. The number of guanidine groups is 1. The van der Waals surface area contributed by atoms with E-state index in [1.54, 1.807) is 13.2 Å². The highest BCUT2D eigenvalue weighted by atomic mass is 127. The van der Waals surface area contributed by atoms with Gasteiger partial charge in [-0.3, -0.25) is 9.89 Å². The number of aliphatic imine (C=N–C) groups is 1. The van der Waals surface area contributed by atoms with Crippen molar-refractivity contribution < 1.29 is 19.0 Å². The monoisotopic (exact) mass is 572 g/mol. The minimum Gasteiger partial charge on any atom is -0.497 e. The molecule has 1 atom stereocenters. The molecule has 1 unspecified atom stereocenters. The van der Waals surface area contributed by atoms with Gasteiger partial charge in [-0.05, 0) is 42.3 Å². The van der Waals surface area contributed by atoms with E-state index in [0.717, 1.165) is 55.6 Å². The molecule has 33 heavy (non-hydrogen) atoms. The first kappa shape index (κ1) is 27.1. The molecule has 0 amide bonds. The molecule has 0 aromatic heterocycles. The minimum atomic E-state index is -0.680. The summed E-state index contributed by atoms with van der Waals surface area (Å²) in [6.45, 7) is 7.07. The Kier molecular flexibility index (Phi) is 11.2. The van der Waals surface area contributed by atoms with E-state index in [-0.39, 0.29) is 42.1 Å². The molecule has 1 aliphatic heterocycles. The number of rotatable bonds is 8. The summed E-state index contributed by atoms with van der Waals surface area (Å²) in [5.41, 5.74) is 1.74. The highest BCUT2D eigenvalue weighted by Gasteiger charge is 2.20. The number of piperazine rings is 1. The smallest absolute Gasteiger partial charge is 0.194 e. The van der Waals surface area contributed by atoms with Crippen LogP contribution in [0.4, 0.5) is 4.39 Å². The summed E-state index contributed by atoms with van der Waals surface area (Å²) in [6, 6.07) is 12.5. The largest absolute Gasteiger partial charge is 0.497 e. The van der Waals surface area contributed by atoms with Crippen LogP contribution in [0.15, 0.2) is 47.5 Å². The number of hydrogen-bond donors (Lipinski definition) is 2. The second-order valence-corrected chi connectivity index (χ2v) is 7.72. The van der Waals surface area contributed by atoms with Crippen LogP contribution in [0.2, 0.25) is 0 Å². The summed E-state index contributed by atoms with van der Waals surface area (Å²) >= 11 is 0. The van der Waals surface area contributed by atoms with Crippen molar-refractivity contribution >= 4 is 29.9 Å². The van der Waals surface area contributed by atoms with Gasteiger partial charge in [0.1, 0.15) is 5.75 Å². The lowest BCUT2D eigenvalue weighted by atomic mass is 10.1. The number of halogens is 2. The second kappa shape index (κ2) is 13.6. The molecule has 7 nitrogen and oxygen atoms in total. The van der Waals surface area contributed by atoms with Gasteiger partial charge in [-0.25, -0.2) is 4.39 Å². The van der Waals surface area contributed by atoms with Gasteiger partial charge in [0.2, 0.25) is 0 Å². The van der Waals surface area contributed by atoms with Crippen LogP contribution in [0.25, 0.3) is 0 Å². The Hall–Kier alpha value is -2.11. The third-order valence-electron chi connectivity index (χ3n) is 5.54. The third-order valence-corrected chi connectivity index (χ3v) is 5.54. The molecule has 2 aromatic rings. The average Bonchev–Trinajstić information content (AvgIpc) is 2.82. The van der Waals surface area contributed by atoms with Crippen molar-refractivity contribution in [3.05, 3.63) is 59.4 Å². The van der Waals surface area contributed by atoms with Crippen LogP contribution in [-0.2, 0) is 6.54 Å². The number of ether oxygens (including phenoxy) is 2. The topological polar surface area (TPSA) is 69.6 Å². The summed E-state index contributed by atoms with van der Waals surface area (Å²) in [4.78, 5) is 9.17. The minimum absolute atomic E-state index is 0. The van der Waals surface area contributed by atoms with Gasteiger partial charge in [0.05, 0.1) is 26.9 Å². The summed E-state index contributed by atoms with van der Waals surface area (Å²) < 4.78 is 24.1. The molecule has 1 aliphatic rings. The fourth-order valence-electron chi connectivity index (χ4n) is 3.71. The van der Waals surface area contributed by atoms with E-state index < -0.39 is 6.10 Å². The second-order valence-electron chi connectivity index (χ2n) is 7.72. The zero-order chi connectivity index (χ0) is 22.9. The van der Waals surface area contributed by atoms with Crippen LogP contribution < -0.4 is 14.8 Å². The molecule has 1 saturated heterocycles. The van der Waals surface area contributed by atoms with Crippen LogP contribution in [-0.4, -0.2) is 74.4 Å². The van der Waals surface area contributed by atoms with Crippen LogP contribution in [0, 0.1) is 5.82 Å². The Morgan fingerprint density at radius 2 is 1.79 bits per heavy atom. The molecular weight excluding hydrogens is 538 g/mol. The Labute approximate surface area is 212 Å². The van der Waals surface area contributed by atoms with Gasteiger partial charge in [0.25, 0.3) is 0 Å². The SMILES string of the molecule is CCNC(=NCC(O)c1ccc(OC)cc1)N1CCN(Cc2ccc(OC)c(F)c2)CC1.I. The number of benzene rings is 2. The highest BCUT2D eigenvalue weighted by Crippen LogP contribution is 2.20. The molecule has 182 valence electrons. The van der Waals surface area contributed by atoms with E-state index in [0.29, 0.717) is 6.54 Å². The number of aliphatic hydroxyl groups is 1. The molecule has 0 aliphatic carbocycles. The summed E-state index contributed by atoms with van der Waals surface area (Å²) in [7, 11) is 3.09. The van der Waals surface area contributed by atoms with E-state index in [1.807, 2.05) is 37.3 Å². The van der Waals surface area contributed by atoms with Crippen molar-refractivity contribution in [3.8, 4) is 11.5 Å². The summed E-state index contributed by atoms with van der Waals surface area (Å²) in [5.74, 6) is 1.49. The van der Waals surface area contributed by atoms with E-state index in [4.69, 9.17) is 9.47 Å². The Morgan fingerprint density at radius 1 is 1.09 bits per heavy atom. The predicted molar refractivity (Wildman–Crippen MR) is 139 cm³/mol. The van der Waals surface area contributed by atoms with E-state index in [1.165, 1.54) is 13.2 Å². The Morgan fingerprint density at radius 3 is 2.36 bits per heavy atom. The van der Waals surface area contributed by atoms with Crippen LogP contribution in [0.1, 0.15) is 24.2 Å². The van der Waals surface area contributed by atoms with Crippen molar-refractivity contribution in [3.63, 3.8) is 0 Å². The number of nitrogens with one attached hydrogen (secondary N) is 1. The van der Waals surface area contributed by atoms with E-state index >= 15 is 0 Å². The van der Waals surface area contributed by atoms with E-state index in [2.05, 4.69) is 20.1 Å². The van der Waals surface area contributed by atoms with Gasteiger partial charge < -0.3 is 24.8 Å². The molecule has 2 aromatic carbocycles. The van der Waals surface area contributed by atoms with E-state index in [9.17, 15) is 9.50 Å². The van der Waals surface area contributed by atoms with Crippen LogP contribution in [0.3, 0.4) is 0 Å². The molecular formula is C24H34FIN4O3. The molecule has 0 bridgehead atoms. The Bertz CT molecular complexity index is 890. The maximum atomic E-state index is 14.0. The molecule has 0 saturated carbocycles. The predicted octanol–water partition coefficient (Wildman–Crippen LogP) is 3.28. The van der Waals surface area contributed by atoms with Crippen LogP contribution >= 0.6 is 24.0 Å². The molecule has 2 N–H and O–H groups in total. The van der Waals surface area contributed by atoms with Gasteiger partial charge in [-0.15, -0.1) is 24.0 Å². The van der Waals surface area contributed by atoms with Gasteiger partial charge >= 0.3 is 0 Å². The normalized spacial score (nSPS) is 15.5. The quantitative estimate of drug-likeness (QED) is 0.288. The first-order chi connectivity index (χ1) is 15.5. The molecule has 9 heteroatoms. The van der Waals surface area contributed by atoms with Gasteiger partial charge in [0.15, 0.2) is 17.5 Å². The van der Waals surface area contributed by atoms with Gasteiger partial charge in [0, 0.05) is 39.3 Å². The molecule has 1 fully saturated rings. The summed E-state index contributed by atoms with van der Waals surface area (Å²) in [5, 5.41) is 13.8. The fraction of sp³-hybridized carbons (Fsp3) is 0.458. The van der Waals surface area contributed by atoms with Gasteiger partial charge in [-0.1, -0.05) is 18.2 Å². The first-order valence-corrected chi connectivity index (χ1v) is 10.9. The maximum absolute atomic E-state index is 14.0. The zero-order valence-electron chi connectivity index (χ0n) is 19.5.